The van der Waals surface area contributed by atoms with Crippen molar-refractivity contribution in [3.05, 3.63) is 70.1 Å². The molecule has 0 spiro atoms. The van der Waals surface area contributed by atoms with Crippen molar-refractivity contribution < 1.29 is 4.79 Å². The van der Waals surface area contributed by atoms with Crippen LogP contribution in [0.15, 0.2) is 53.3 Å². The number of hydrogen-bond acceptors (Lipinski definition) is 3. The van der Waals surface area contributed by atoms with Crippen LogP contribution < -0.4 is 11.0 Å². The molecule has 1 heterocycles. The van der Waals surface area contributed by atoms with Gasteiger partial charge in [0.05, 0.1) is 22.7 Å². The number of carbonyl (C=O) groups excluding carboxylic acids is 1. The summed E-state index contributed by atoms with van der Waals surface area (Å²) >= 11 is 0. The van der Waals surface area contributed by atoms with E-state index < -0.39 is 0 Å². The van der Waals surface area contributed by atoms with Crippen LogP contribution in [0.5, 0.6) is 0 Å². The third-order valence-electron chi connectivity index (χ3n) is 4.09. The fourth-order valence-electron chi connectivity index (χ4n) is 2.88. The zero-order chi connectivity index (χ0) is 17.8. The Morgan fingerprint density at radius 3 is 2.52 bits per heavy atom. The minimum absolute atomic E-state index is 0.0374. The number of carbonyl (C=O) groups is 1. The second kappa shape index (κ2) is 7.05. The number of amides is 1. The van der Waals surface area contributed by atoms with E-state index in [9.17, 15) is 9.59 Å². The number of benzene rings is 2. The summed E-state index contributed by atoms with van der Waals surface area (Å²) in [7, 11) is 0. The Morgan fingerprint density at radius 2 is 1.84 bits per heavy atom. The van der Waals surface area contributed by atoms with Gasteiger partial charge < -0.3 is 5.32 Å². The second-order valence-corrected chi connectivity index (χ2v) is 5.69. The number of nitrogens with zero attached hydrogens (tertiary/aromatic N) is 3. The van der Waals surface area contributed by atoms with Gasteiger partial charge in [0.1, 0.15) is 6.54 Å². The summed E-state index contributed by atoms with van der Waals surface area (Å²) in [6.07, 6.45) is 0. The van der Waals surface area contributed by atoms with Crippen LogP contribution in [0.2, 0.25) is 0 Å². The highest BCUT2D eigenvalue weighted by molar-refractivity contribution is 5.80. The summed E-state index contributed by atoms with van der Waals surface area (Å²) < 4.78 is 3.14. The van der Waals surface area contributed by atoms with Crippen LogP contribution in [0.25, 0.3) is 11.0 Å². The van der Waals surface area contributed by atoms with Gasteiger partial charge in [0.15, 0.2) is 0 Å². The molecular weight excluding hydrogens is 316 g/mol. The molecule has 0 fully saturated rings. The van der Waals surface area contributed by atoms with E-state index in [0.29, 0.717) is 18.7 Å². The summed E-state index contributed by atoms with van der Waals surface area (Å²) in [6.45, 7) is 2.73. The number of rotatable bonds is 5. The summed E-state index contributed by atoms with van der Waals surface area (Å²) in [5.41, 5.74) is 2.77. The Balaban J connectivity index is 1.77. The normalized spacial score (nSPS) is 10.6. The number of imidazole rings is 1. The Morgan fingerprint density at radius 1 is 1.12 bits per heavy atom. The molecule has 0 saturated heterocycles. The molecule has 0 radical (unpaired) electrons. The molecule has 6 nitrogen and oxygen atoms in total. The molecule has 126 valence electrons. The van der Waals surface area contributed by atoms with E-state index >= 15 is 0 Å². The van der Waals surface area contributed by atoms with Crippen molar-refractivity contribution in [2.24, 2.45) is 0 Å². The quantitative estimate of drug-likeness (QED) is 0.775. The lowest BCUT2D eigenvalue weighted by Crippen LogP contribution is -2.32. The van der Waals surface area contributed by atoms with Gasteiger partial charge in [-0.1, -0.05) is 24.3 Å². The van der Waals surface area contributed by atoms with Crippen molar-refractivity contribution in [3.8, 4) is 6.07 Å². The van der Waals surface area contributed by atoms with Gasteiger partial charge in [-0.15, -0.1) is 0 Å². The first-order chi connectivity index (χ1) is 12.1. The number of nitriles is 1. The summed E-state index contributed by atoms with van der Waals surface area (Å²) in [6, 6.07) is 16.6. The van der Waals surface area contributed by atoms with Crippen molar-refractivity contribution in [2.75, 3.05) is 0 Å². The Labute approximate surface area is 144 Å². The molecule has 0 bridgehead atoms. The van der Waals surface area contributed by atoms with Crippen LogP contribution in [0, 0.1) is 11.3 Å². The molecule has 6 heteroatoms. The van der Waals surface area contributed by atoms with E-state index in [2.05, 4.69) is 11.4 Å². The van der Waals surface area contributed by atoms with Gasteiger partial charge in [0.25, 0.3) is 0 Å². The fraction of sp³-hybridized carbons (Fsp3) is 0.211. The van der Waals surface area contributed by atoms with Gasteiger partial charge in [0, 0.05) is 13.1 Å². The molecule has 1 N–H and O–H groups in total. The van der Waals surface area contributed by atoms with E-state index in [0.717, 1.165) is 16.6 Å². The van der Waals surface area contributed by atoms with Crippen molar-refractivity contribution in [1.82, 2.24) is 14.5 Å². The smallest absolute Gasteiger partial charge is 0.329 e. The van der Waals surface area contributed by atoms with Crippen molar-refractivity contribution in [3.63, 3.8) is 0 Å². The molecule has 0 unspecified atom stereocenters. The van der Waals surface area contributed by atoms with Gasteiger partial charge in [-0.3, -0.25) is 13.9 Å². The van der Waals surface area contributed by atoms with Crippen LogP contribution in [-0.2, 0) is 24.4 Å². The van der Waals surface area contributed by atoms with Crippen LogP contribution in [-0.4, -0.2) is 15.0 Å². The Kier molecular flexibility index (Phi) is 4.66. The maximum atomic E-state index is 12.5. The lowest BCUT2D eigenvalue weighted by atomic mass is 10.1. The molecule has 3 rings (SSSR count). The number of para-hydroxylation sites is 2. The largest absolute Gasteiger partial charge is 0.350 e. The van der Waals surface area contributed by atoms with Gasteiger partial charge in [0.2, 0.25) is 5.91 Å². The molecule has 1 aromatic heterocycles. The average molecular weight is 334 g/mol. The van der Waals surface area contributed by atoms with Crippen LogP contribution in [0.4, 0.5) is 0 Å². The highest BCUT2D eigenvalue weighted by atomic mass is 16.2. The van der Waals surface area contributed by atoms with E-state index in [4.69, 9.17) is 5.26 Å². The minimum atomic E-state index is -0.247. The first kappa shape index (κ1) is 16.5. The number of hydrogen-bond donors (Lipinski definition) is 1. The van der Waals surface area contributed by atoms with Gasteiger partial charge in [-0.25, -0.2) is 4.79 Å². The molecular formula is C19H18N4O2. The standard InChI is InChI=1S/C19H18N4O2/c1-2-22-16-8-3-4-9-17(16)23(19(22)25)13-18(24)21-12-15-7-5-6-14(10-15)11-20/h3-10H,2,12-13H2,1H3,(H,21,24). The number of aryl methyl sites for hydroxylation is 1. The number of nitrogens with one attached hydrogen (secondary N) is 1. The van der Waals surface area contributed by atoms with E-state index in [1.54, 1.807) is 22.8 Å². The summed E-state index contributed by atoms with van der Waals surface area (Å²) in [4.78, 5) is 24.8. The lowest BCUT2D eigenvalue weighted by molar-refractivity contribution is -0.121. The zero-order valence-corrected chi connectivity index (χ0v) is 13.9. The Bertz CT molecular complexity index is 1020. The predicted octanol–water partition coefficient (Wildman–Crippen LogP) is 2.01. The fourth-order valence-corrected chi connectivity index (χ4v) is 2.88. The molecule has 0 atom stereocenters. The van der Waals surface area contributed by atoms with Gasteiger partial charge >= 0.3 is 5.69 Å². The molecule has 0 aliphatic rings. The summed E-state index contributed by atoms with van der Waals surface area (Å²) in [5.74, 6) is -0.247. The van der Waals surface area contributed by atoms with E-state index in [1.807, 2.05) is 37.3 Å². The van der Waals surface area contributed by atoms with Crippen LogP contribution in [0.3, 0.4) is 0 Å². The molecule has 0 aliphatic carbocycles. The molecule has 25 heavy (non-hydrogen) atoms. The van der Waals surface area contributed by atoms with Crippen molar-refractivity contribution in [2.45, 2.75) is 26.6 Å². The van der Waals surface area contributed by atoms with Crippen molar-refractivity contribution >= 4 is 16.9 Å². The first-order valence-corrected chi connectivity index (χ1v) is 8.08. The second-order valence-electron chi connectivity index (χ2n) is 5.69. The maximum Gasteiger partial charge on any atom is 0.329 e. The van der Waals surface area contributed by atoms with Crippen LogP contribution >= 0.6 is 0 Å². The third kappa shape index (κ3) is 3.31. The Hall–Kier alpha value is -3.33. The third-order valence-corrected chi connectivity index (χ3v) is 4.09. The lowest BCUT2D eigenvalue weighted by Gasteiger charge is -2.07. The van der Waals surface area contributed by atoms with E-state index in [1.165, 1.54) is 4.57 Å². The molecule has 3 aromatic rings. The van der Waals surface area contributed by atoms with Crippen LogP contribution in [0.1, 0.15) is 18.1 Å². The van der Waals surface area contributed by atoms with Gasteiger partial charge in [-0.05, 0) is 36.8 Å². The highest BCUT2D eigenvalue weighted by Crippen LogP contribution is 2.12. The average Bonchev–Trinajstić information content (AvgIpc) is 2.91. The monoisotopic (exact) mass is 334 g/mol. The predicted molar refractivity (Wildman–Crippen MR) is 94.9 cm³/mol. The highest BCUT2D eigenvalue weighted by Gasteiger charge is 2.14. The maximum absolute atomic E-state index is 12.5. The molecule has 0 saturated carbocycles. The zero-order valence-electron chi connectivity index (χ0n) is 13.9. The number of fused-ring (bicyclic) bond motifs is 1. The molecule has 0 aliphatic heterocycles. The minimum Gasteiger partial charge on any atom is -0.350 e. The molecule has 2 aromatic carbocycles. The van der Waals surface area contributed by atoms with Crippen molar-refractivity contribution in [1.29, 1.82) is 5.26 Å². The number of aromatic nitrogens is 2. The first-order valence-electron chi connectivity index (χ1n) is 8.08. The molecule has 1 amide bonds. The topological polar surface area (TPSA) is 79.8 Å². The van der Waals surface area contributed by atoms with E-state index in [-0.39, 0.29) is 18.1 Å². The SMILES string of the molecule is CCn1c(=O)n(CC(=O)NCc2cccc(C#N)c2)c2ccccc21. The summed E-state index contributed by atoms with van der Waals surface area (Å²) in [5, 5.41) is 11.7. The van der Waals surface area contributed by atoms with Gasteiger partial charge in [-0.2, -0.15) is 5.26 Å².